The van der Waals surface area contributed by atoms with Crippen LogP contribution in [0, 0.1) is 0 Å². The number of aliphatic imine (C=N–C) groups is 1. The maximum atomic E-state index is 11.4. The van der Waals surface area contributed by atoms with Crippen molar-refractivity contribution in [2.45, 2.75) is 38.6 Å². The first-order valence-corrected chi connectivity index (χ1v) is 5.66. The van der Waals surface area contributed by atoms with Crippen molar-refractivity contribution in [1.82, 2.24) is 5.32 Å². The Labute approximate surface area is 96.7 Å². The van der Waals surface area contributed by atoms with Gasteiger partial charge in [-0.2, -0.15) is 0 Å². The second-order valence-corrected chi connectivity index (χ2v) is 3.70. The molecule has 94 valence electrons. The maximum Gasteiger partial charge on any atom is 0.236 e. The first kappa shape index (κ1) is 14.7. The van der Waals surface area contributed by atoms with Gasteiger partial charge in [0.2, 0.25) is 5.91 Å². The molecule has 0 aliphatic rings. The van der Waals surface area contributed by atoms with E-state index in [1.165, 1.54) is 0 Å². The quantitative estimate of drug-likeness (QED) is 0.249. The molecule has 0 rings (SSSR count). The van der Waals surface area contributed by atoms with Crippen molar-refractivity contribution in [3.8, 4) is 0 Å². The summed E-state index contributed by atoms with van der Waals surface area (Å²) in [5, 5.41) is 2.76. The number of carbonyl (C=O) groups is 1. The van der Waals surface area contributed by atoms with Gasteiger partial charge in [0.25, 0.3) is 0 Å². The Hall–Kier alpha value is -1.30. The second kappa shape index (κ2) is 8.96. The molecule has 7 N–H and O–H groups in total. The summed E-state index contributed by atoms with van der Waals surface area (Å²) in [6, 6.07) is -0.425. The molecule has 0 aromatic heterocycles. The monoisotopic (exact) mass is 229 g/mol. The zero-order chi connectivity index (χ0) is 12.4. The second-order valence-electron chi connectivity index (χ2n) is 3.70. The Morgan fingerprint density at radius 3 is 2.62 bits per heavy atom. The van der Waals surface area contributed by atoms with Gasteiger partial charge in [0.15, 0.2) is 5.96 Å². The molecule has 1 unspecified atom stereocenters. The van der Waals surface area contributed by atoms with E-state index in [1.54, 1.807) is 0 Å². The molecule has 0 radical (unpaired) electrons. The van der Waals surface area contributed by atoms with E-state index in [-0.39, 0.29) is 11.9 Å². The predicted octanol–water partition coefficient (Wildman–Crippen LogP) is -0.716. The van der Waals surface area contributed by atoms with Crippen molar-refractivity contribution < 1.29 is 4.79 Å². The van der Waals surface area contributed by atoms with Gasteiger partial charge in [-0.15, -0.1) is 0 Å². The first-order chi connectivity index (χ1) is 7.57. The lowest BCUT2D eigenvalue weighted by molar-refractivity contribution is -0.122. The number of hydrogen-bond donors (Lipinski definition) is 4. The highest BCUT2D eigenvalue weighted by Crippen LogP contribution is 1.99. The summed E-state index contributed by atoms with van der Waals surface area (Å²) in [6.07, 6.45) is 3.27. The lowest BCUT2D eigenvalue weighted by atomic mass is 10.1. The van der Waals surface area contributed by atoms with Gasteiger partial charge in [-0.3, -0.25) is 9.79 Å². The fourth-order valence-electron chi connectivity index (χ4n) is 1.19. The lowest BCUT2D eigenvalue weighted by Gasteiger charge is -2.10. The Morgan fingerprint density at radius 2 is 2.06 bits per heavy atom. The van der Waals surface area contributed by atoms with E-state index >= 15 is 0 Å². The highest BCUT2D eigenvalue weighted by molar-refractivity contribution is 5.81. The molecule has 1 atom stereocenters. The van der Waals surface area contributed by atoms with Crippen LogP contribution in [-0.4, -0.2) is 31.0 Å². The third kappa shape index (κ3) is 8.05. The number of unbranched alkanes of at least 4 members (excludes halogenated alkanes) is 1. The smallest absolute Gasteiger partial charge is 0.236 e. The van der Waals surface area contributed by atoms with E-state index in [0.717, 1.165) is 19.3 Å². The minimum absolute atomic E-state index is 0.0799. The molecule has 0 spiro atoms. The van der Waals surface area contributed by atoms with Gasteiger partial charge in [-0.25, -0.2) is 0 Å². The van der Waals surface area contributed by atoms with Crippen LogP contribution in [0.15, 0.2) is 4.99 Å². The van der Waals surface area contributed by atoms with Gasteiger partial charge in [-0.1, -0.05) is 6.92 Å². The number of nitrogens with two attached hydrogens (primary N) is 3. The van der Waals surface area contributed by atoms with Gasteiger partial charge in [0.05, 0.1) is 6.04 Å². The maximum absolute atomic E-state index is 11.4. The molecular formula is C10H23N5O. The highest BCUT2D eigenvalue weighted by atomic mass is 16.2. The molecule has 6 heteroatoms. The topological polar surface area (TPSA) is 120 Å². The summed E-state index contributed by atoms with van der Waals surface area (Å²) in [7, 11) is 0. The summed E-state index contributed by atoms with van der Waals surface area (Å²) in [6.45, 7) is 3.27. The minimum Gasteiger partial charge on any atom is -0.370 e. The van der Waals surface area contributed by atoms with E-state index < -0.39 is 6.04 Å². The van der Waals surface area contributed by atoms with Crippen molar-refractivity contribution in [1.29, 1.82) is 0 Å². The summed E-state index contributed by atoms with van der Waals surface area (Å²) >= 11 is 0. The Balaban J connectivity index is 3.53. The molecule has 0 aromatic rings. The summed E-state index contributed by atoms with van der Waals surface area (Å²) in [5.41, 5.74) is 16.1. The van der Waals surface area contributed by atoms with Gasteiger partial charge in [-0.05, 0) is 25.7 Å². The molecule has 1 amide bonds. The highest BCUT2D eigenvalue weighted by Gasteiger charge is 2.11. The van der Waals surface area contributed by atoms with Crippen molar-refractivity contribution in [2.24, 2.45) is 22.2 Å². The van der Waals surface area contributed by atoms with Crippen molar-refractivity contribution in [3.63, 3.8) is 0 Å². The van der Waals surface area contributed by atoms with E-state index in [4.69, 9.17) is 17.2 Å². The van der Waals surface area contributed by atoms with Gasteiger partial charge in [0, 0.05) is 13.1 Å². The first-order valence-electron chi connectivity index (χ1n) is 5.66. The molecule has 6 nitrogen and oxygen atoms in total. The lowest BCUT2D eigenvalue weighted by Crippen LogP contribution is -2.40. The van der Waals surface area contributed by atoms with E-state index in [9.17, 15) is 4.79 Å². The molecule has 0 aliphatic heterocycles. The molecular weight excluding hydrogens is 206 g/mol. The zero-order valence-corrected chi connectivity index (χ0v) is 9.91. The number of nitrogens with one attached hydrogen (secondary N) is 1. The number of guanidine groups is 1. The van der Waals surface area contributed by atoms with Crippen LogP contribution in [0.25, 0.3) is 0 Å². The number of amides is 1. The number of hydrogen-bond acceptors (Lipinski definition) is 3. The van der Waals surface area contributed by atoms with Crippen LogP contribution in [0.2, 0.25) is 0 Å². The predicted molar refractivity (Wildman–Crippen MR) is 65.8 cm³/mol. The fraction of sp³-hybridized carbons (Fsp3) is 0.800. The molecule has 0 fully saturated rings. The summed E-state index contributed by atoms with van der Waals surface area (Å²) in [5.74, 6) is 0.0219. The number of rotatable bonds is 8. The van der Waals surface area contributed by atoms with E-state index in [0.29, 0.717) is 19.5 Å². The van der Waals surface area contributed by atoms with Crippen LogP contribution in [-0.2, 0) is 4.79 Å². The van der Waals surface area contributed by atoms with Crippen LogP contribution < -0.4 is 22.5 Å². The van der Waals surface area contributed by atoms with Gasteiger partial charge in [0.1, 0.15) is 0 Å². The van der Waals surface area contributed by atoms with E-state index in [2.05, 4.69) is 10.3 Å². The summed E-state index contributed by atoms with van der Waals surface area (Å²) < 4.78 is 0. The van der Waals surface area contributed by atoms with Crippen LogP contribution in [0.4, 0.5) is 0 Å². The molecule has 0 saturated heterocycles. The number of nitrogens with zero attached hydrogens (tertiary/aromatic N) is 1. The van der Waals surface area contributed by atoms with Gasteiger partial charge >= 0.3 is 0 Å². The average Bonchev–Trinajstić information content (AvgIpc) is 2.24. The van der Waals surface area contributed by atoms with Crippen molar-refractivity contribution in [3.05, 3.63) is 0 Å². The Bertz CT molecular complexity index is 225. The van der Waals surface area contributed by atoms with E-state index in [1.807, 2.05) is 6.92 Å². The van der Waals surface area contributed by atoms with Crippen molar-refractivity contribution >= 4 is 11.9 Å². The number of carbonyl (C=O) groups excluding carboxylic acids is 1. The third-order valence-electron chi connectivity index (χ3n) is 2.10. The fourth-order valence-corrected chi connectivity index (χ4v) is 1.19. The summed E-state index contributed by atoms with van der Waals surface area (Å²) in [4.78, 5) is 15.2. The molecule has 0 bridgehead atoms. The van der Waals surface area contributed by atoms with Crippen LogP contribution in [0.1, 0.15) is 32.6 Å². The largest absolute Gasteiger partial charge is 0.370 e. The third-order valence-corrected chi connectivity index (χ3v) is 2.10. The van der Waals surface area contributed by atoms with Crippen LogP contribution in [0.3, 0.4) is 0 Å². The standard InChI is InChI=1S/C10H23N5O/c1-2-6-14-9(16)8(11)5-3-4-7-15-10(12)13/h8H,2-7,11H2,1H3,(H,14,16)(H4,12,13,15). The van der Waals surface area contributed by atoms with Gasteiger partial charge < -0.3 is 22.5 Å². The average molecular weight is 229 g/mol. The molecule has 16 heavy (non-hydrogen) atoms. The normalized spacial score (nSPS) is 11.9. The van der Waals surface area contributed by atoms with Crippen LogP contribution in [0.5, 0.6) is 0 Å². The van der Waals surface area contributed by atoms with Crippen molar-refractivity contribution in [2.75, 3.05) is 13.1 Å². The molecule has 0 aliphatic carbocycles. The minimum atomic E-state index is -0.425. The molecule has 0 heterocycles. The zero-order valence-electron chi connectivity index (χ0n) is 9.91. The van der Waals surface area contributed by atoms with Crippen LogP contribution >= 0.6 is 0 Å². The molecule has 0 aromatic carbocycles. The SMILES string of the molecule is CCCNC(=O)C(N)CCCCN=C(N)N. The molecule has 0 saturated carbocycles. The Kier molecular flexibility index (Phi) is 8.24. The Morgan fingerprint density at radius 1 is 1.38 bits per heavy atom.